The van der Waals surface area contributed by atoms with E-state index in [4.69, 9.17) is 9.84 Å². The normalized spacial score (nSPS) is 25.3. The van der Waals surface area contributed by atoms with Crippen molar-refractivity contribution < 1.29 is 19.4 Å². The highest BCUT2D eigenvalue weighted by molar-refractivity contribution is 5.86. The number of hydrogen-bond acceptors (Lipinski definition) is 3. The van der Waals surface area contributed by atoms with Crippen molar-refractivity contribution >= 4 is 11.9 Å². The van der Waals surface area contributed by atoms with Crippen molar-refractivity contribution in [3.8, 4) is 0 Å². The first kappa shape index (κ1) is 10.0. The fourth-order valence-corrected chi connectivity index (χ4v) is 1.15. The number of carbonyl (C=O) groups is 2. The Kier molecular flexibility index (Phi) is 3.28. The van der Waals surface area contributed by atoms with E-state index in [1.54, 1.807) is 0 Å². The Balaban J connectivity index is 2.16. The molecular weight excluding hydrogens is 172 g/mol. The molecule has 4 heteroatoms. The van der Waals surface area contributed by atoms with Gasteiger partial charge in [0.1, 0.15) is 0 Å². The van der Waals surface area contributed by atoms with Gasteiger partial charge in [-0.3, -0.25) is 9.59 Å². The standard InChI is InChI=1S/C9H14O4/c1-2-3-4-13-9(12)7-5-6(7)8(10)11/h6-7H,2-5H2,1H3,(H,10,11)/t6-,7-/m0/s1. The molecule has 0 amide bonds. The van der Waals surface area contributed by atoms with E-state index < -0.39 is 11.9 Å². The van der Waals surface area contributed by atoms with Crippen molar-refractivity contribution in [2.24, 2.45) is 11.8 Å². The molecule has 74 valence electrons. The lowest BCUT2D eigenvalue weighted by Crippen LogP contribution is -2.11. The van der Waals surface area contributed by atoms with E-state index in [1.165, 1.54) is 0 Å². The smallest absolute Gasteiger partial charge is 0.309 e. The summed E-state index contributed by atoms with van der Waals surface area (Å²) in [5, 5.41) is 8.54. The Labute approximate surface area is 76.9 Å². The second-order valence-electron chi connectivity index (χ2n) is 3.31. The molecule has 0 aromatic carbocycles. The molecular formula is C9H14O4. The number of carboxylic acid groups (broad SMARTS) is 1. The zero-order valence-corrected chi connectivity index (χ0v) is 7.66. The summed E-state index contributed by atoms with van der Waals surface area (Å²) in [6, 6.07) is 0. The number of unbranched alkanes of at least 4 members (excludes halogenated alkanes) is 1. The molecule has 0 aromatic heterocycles. The van der Waals surface area contributed by atoms with Crippen molar-refractivity contribution in [3.63, 3.8) is 0 Å². The maximum atomic E-state index is 11.1. The molecule has 0 aromatic rings. The second kappa shape index (κ2) is 4.25. The highest BCUT2D eigenvalue weighted by atomic mass is 16.5. The molecule has 0 spiro atoms. The van der Waals surface area contributed by atoms with Crippen molar-refractivity contribution in [2.45, 2.75) is 26.2 Å². The highest BCUT2D eigenvalue weighted by Gasteiger charge is 2.49. The summed E-state index contributed by atoms with van der Waals surface area (Å²) in [5.74, 6) is -2.11. The third-order valence-corrected chi connectivity index (χ3v) is 2.15. The summed E-state index contributed by atoms with van der Waals surface area (Å²) in [5.41, 5.74) is 0. The van der Waals surface area contributed by atoms with Crippen molar-refractivity contribution in [1.29, 1.82) is 0 Å². The molecule has 1 saturated carbocycles. The van der Waals surface area contributed by atoms with Gasteiger partial charge >= 0.3 is 11.9 Å². The van der Waals surface area contributed by atoms with Crippen LogP contribution in [-0.2, 0) is 14.3 Å². The van der Waals surface area contributed by atoms with E-state index in [0.717, 1.165) is 12.8 Å². The van der Waals surface area contributed by atoms with Gasteiger partial charge in [-0.1, -0.05) is 13.3 Å². The Morgan fingerprint density at radius 1 is 1.46 bits per heavy atom. The molecule has 0 saturated heterocycles. The van der Waals surface area contributed by atoms with Crippen LogP contribution in [0.2, 0.25) is 0 Å². The quantitative estimate of drug-likeness (QED) is 0.515. The largest absolute Gasteiger partial charge is 0.481 e. The zero-order valence-electron chi connectivity index (χ0n) is 7.66. The number of hydrogen-bond donors (Lipinski definition) is 1. The van der Waals surface area contributed by atoms with Gasteiger partial charge in [0.2, 0.25) is 0 Å². The first-order valence-electron chi connectivity index (χ1n) is 4.56. The molecule has 1 aliphatic carbocycles. The molecule has 2 atom stereocenters. The fourth-order valence-electron chi connectivity index (χ4n) is 1.15. The summed E-state index contributed by atoms with van der Waals surface area (Å²) in [6.07, 6.45) is 2.26. The number of rotatable bonds is 5. The molecule has 0 bridgehead atoms. The first-order valence-corrected chi connectivity index (χ1v) is 4.56. The summed E-state index contributed by atoms with van der Waals surface area (Å²) in [4.78, 5) is 21.5. The van der Waals surface area contributed by atoms with Gasteiger partial charge in [-0.25, -0.2) is 0 Å². The van der Waals surface area contributed by atoms with Crippen LogP contribution < -0.4 is 0 Å². The number of ether oxygens (including phenoxy) is 1. The Hall–Kier alpha value is -1.06. The fraction of sp³-hybridized carbons (Fsp3) is 0.778. The third-order valence-electron chi connectivity index (χ3n) is 2.15. The first-order chi connectivity index (χ1) is 6.16. The van der Waals surface area contributed by atoms with Gasteiger partial charge < -0.3 is 9.84 Å². The van der Waals surface area contributed by atoms with Crippen LogP contribution in [0.1, 0.15) is 26.2 Å². The molecule has 1 rings (SSSR count). The maximum absolute atomic E-state index is 11.1. The highest BCUT2D eigenvalue weighted by Crippen LogP contribution is 2.39. The SMILES string of the molecule is CCCCOC(=O)[C@H]1C[C@@H]1C(=O)O. The second-order valence-corrected chi connectivity index (χ2v) is 3.31. The number of carboxylic acids is 1. The Morgan fingerprint density at radius 3 is 2.62 bits per heavy atom. The van der Waals surface area contributed by atoms with Crippen molar-refractivity contribution in [2.75, 3.05) is 6.61 Å². The van der Waals surface area contributed by atoms with E-state index in [9.17, 15) is 9.59 Å². The van der Waals surface area contributed by atoms with E-state index in [2.05, 4.69) is 0 Å². The molecule has 0 radical (unpaired) electrons. The van der Waals surface area contributed by atoms with Crippen LogP contribution in [0.15, 0.2) is 0 Å². The number of aliphatic carboxylic acids is 1. The van der Waals surface area contributed by atoms with Crippen LogP contribution in [0.3, 0.4) is 0 Å². The molecule has 0 unspecified atom stereocenters. The molecule has 4 nitrogen and oxygen atoms in total. The van der Waals surface area contributed by atoms with Crippen LogP contribution in [0, 0.1) is 11.8 Å². The average Bonchev–Trinajstić information content (AvgIpc) is 2.83. The monoisotopic (exact) mass is 186 g/mol. The summed E-state index contributed by atoms with van der Waals surface area (Å²) in [6.45, 7) is 2.42. The van der Waals surface area contributed by atoms with Gasteiger partial charge in [0, 0.05) is 0 Å². The van der Waals surface area contributed by atoms with Crippen LogP contribution in [-0.4, -0.2) is 23.7 Å². The Bertz CT molecular complexity index is 212. The van der Waals surface area contributed by atoms with Crippen molar-refractivity contribution in [1.82, 2.24) is 0 Å². The summed E-state index contributed by atoms with van der Waals surface area (Å²) >= 11 is 0. The topological polar surface area (TPSA) is 63.6 Å². The predicted octanol–water partition coefficient (Wildman–Crippen LogP) is 1.05. The lowest BCUT2D eigenvalue weighted by atomic mass is 10.3. The number of carbonyl (C=O) groups excluding carboxylic acids is 1. The minimum atomic E-state index is -0.891. The molecule has 0 heterocycles. The molecule has 1 fully saturated rings. The average molecular weight is 186 g/mol. The van der Waals surface area contributed by atoms with Crippen LogP contribution in [0.5, 0.6) is 0 Å². The summed E-state index contributed by atoms with van der Waals surface area (Å²) < 4.78 is 4.88. The van der Waals surface area contributed by atoms with E-state index in [0.29, 0.717) is 13.0 Å². The summed E-state index contributed by atoms with van der Waals surface area (Å²) in [7, 11) is 0. The van der Waals surface area contributed by atoms with Gasteiger partial charge in [-0.2, -0.15) is 0 Å². The zero-order chi connectivity index (χ0) is 9.84. The lowest BCUT2D eigenvalue weighted by Gasteiger charge is -2.01. The Morgan fingerprint density at radius 2 is 2.15 bits per heavy atom. The molecule has 13 heavy (non-hydrogen) atoms. The van der Waals surface area contributed by atoms with Crippen molar-refractivity contribution in [3.05, 3.63) is 0 Å². The van der Waals surface area contributed by atoms with E-state index in [-0.39, 0.29) is 11.9 Å². The van der Waals surface area contributed by atoms with Gasteiger partial charge in [-0.15, -0.1) is 0 Å². The maximum Gasteiger partial charge on any atom is 0.309 e. The van der Waals surface area contributed by atoms with Gasteiger partial charge in [0.05, 0.1) is 18.4 Å². The predicted molar refractivity (Wildman–Crippen MR) is 45.1 cm³/mol. The number of esters is 1. The molecule has 1 N–H and O–H groups in total. The van der Waals surface area contributed by atoms with Crippen LogP contribution >= 0.6 is 0 Å². The molecule has 0 aliphatic heterocycles. The van der Waals surface area contributed by atoms with Crippen LogP contribution in [0.4, 0.5) is 0 Å². The van der Waals surface area contributed by atoms with E-state index in [1.807, 2.05) is 6.92 Å². The van der Waals surface area contributed by atoms with Gasteiger partial charge in [-0.05, 0) is 12.8 Å². The van der Waals surface area contributed by atoms with E-state index >= 15 is 0 Å². The van der Waals surface area contributed by atoms with Crippen LogP contribution in [0.25, 0.3) is 0 Å². The minimum absolute atomic E-state index is 0.346. The van der Waals surface area contributed by atoms with Gasteiger partial charge in [0.25, 0.3) is 0 Å². The lowest BCUT2D eigenvalue weighted by molar-refractivity contribution is -0.148. The minimum Gasteiger partial charge on any atom is -0.481 e. The third kappa shape index (κ3) is 2.72. The molecule has 1 aliphatic rings. The van der Waals surface area contributed by atoms with Gasteiger partial charge in [0.15, 0.2) is 0 Å².